The maximum atomic E-state index is 12.6. The Labute approximate surface area is 177 Å². The fraction of sp³-hybridized carbons (Fsp3) is 0.913. The Bertz CT molecular complexity index is 461. The van der Waals surface area contributed by atoms with Crippen molar-refractivity contribution in [3.8, 4) is 0 Å². The number of esters is 2. The van der Waals surface area contributed by atoms with Crippen LogP contribution in [0.5, 0.6) is 0 Å². The molecule has 0 radical (unpaired) electrons. The molecule has 6 nitrogen and oxygen atoms in total. The summed E-state index contributed by atoms with van der Waals surface area (Å²) < 4.78 is 22.3. The molecule has 0 saturated carbocycles. The fourth-order valence-corrected chi connectivity index (χ4v) is 4.09. The van der Waals surface area contributed by atoms with Crippen molar-refractivity contribution in [2.75, 3.05) is 19.8 Å². The third kappa shape index (κ3) is 8.73. The van der Waals surface area contributed by atoms with Gasteiger partial charge in [0.15, 0.2) is 0 Å². The van der Waals surface area contributed by atoms with E-state index in [9.17, 15) is 9.59 Å². The van der Waals surface area contributed by atoms with Gasteiger partial charge in [0.1, 0.15) is 0 Å². The summed E-state index contributed by atoms with van der Waals surface area (Å²) in [4.78, 5) is 24.4. The summed E-state index contributed by atoms with van der Waals surface area (Å²) in [6.45, 7) is 9.19. The second-order valence-electron chi connectivity index (χ2n) is 7.93. The first-order chi connectivity index (χ1) is 14.0. The van der Waals surface area contributed by atoms with Crippen LogP contribution in [-0.4, -0.2) is 37.7 Å². The van der Waals surface area contributed by atoms with Gasteiger partial charge in [-0.25, -0.2) is 0 Å². The highest BCUT2D eigenvalue weighted by atomic mass is 16.9. The Morgan fingerprint density at radius 3 is 1.76 bits per heavy atom. The molecule has 0 aliphatic carbocycles. The van der Waals surface area contributed by atoms with E-state index in [0.717, 1.165) is 12.8 Å². The molecule has 1 atom stereocenters. The number of hydrogen-bond donors (Lipinski definition) is 0. The highest BCUT2D eigenvalue weighted by Crippen LogP contribution is 2.43. The molecular formula is C23H42O6. The highest BCUT2D eigenvalue weighted by Gasteiger charge is 2.50. The molecule has 1 heterocycles. The molecule has 0 spiro atoms. The predicted molar refractivity (Wildman–Crippen MR) is 112 cm³/mol. The van der Waals surface area contributed by atoms with Gasteiger partial charge < -0.3 is 18.9 Å². The van der Waals surface area contributed by atoms with Crippen molar-refractivity contribution >= 4 is 11.9 Å². The van der Waals surface area contributed by atoms with Crippen LogP contribution in [0.2, 0.25) is 0 Å². The smallest absolute Gasteiger partial charge is 0.320 e. The molecule has 170 valence electrons. The predicted octanol–water partition coefficient (Wildman–Crippen LogP) is 5.52. The molecule has 1 aliphatic rings. The van der Waals surface area contributed by atoms with Crippen LogP contribution in [0.3, 0.4) is 0 Å². The monoisotopic (exact) mass is 414 g/mol. The lowest BCUT2D eigenvalue weighted by atomic mass is 9.76. The van der Waals surface area contributed by atoms with E-state index in [0.29, 0.717) is 39.1 Å². The van der Waals surface area contributed by atoms with Crippen LogP contribution in [0.25, 0.3) is 0 Å². The van der Waals surface area contributed by atoms with Gasteiger partial charge in [0, 0.05) is 26.2 Å². The first kappa shape index (κ1) is 26.1. The highest BCUT2D eigenvalue weighted by molar-refractivity contribution is 5.97. The standard InChI is InChI=1S/C23H42O6/c1-5-9-10-11-12-13-14-15-16-22(19-20(24)29-21(22)25)17-18-23(26-6-2,27-7-3)28-8-4/h5-19H2,1-4H3. The van der Waals surface area contributed by atoms with E-state index in [2.05, 4.69) is 6.92 Å². The third-order valence-corrected chi connectivity index (χ3v) is 5.63. The van der Waals surface area contributed by atoms with Gasteiger partial charge in [0.2, 0.25) is 0 Å². The first-order valence-corrected chi connectivity index (χ1v) is 11.6. The van der Waals surface area contributed by atoms with E-state index in [1.54, 1.807) is 0 Å². The molecule has 0 aromatic rings. The Morgan fingerprint density at radius 2 is 1.31 bits per heavy atom. The minimum absolute atomic E-state index is 0.142. The fourth-order valence-electron chi connectivity index (χ4n) is 4.09. The molecule has 0 N–H and O–H groups in total. The molecular weight excluding hydrogens is 372 g/mol. The summed E-state index contributed by atoms with van der Waals surface area (Å²) in [7, 11) is 0. The van der Waals surface area contributed by atoms with Crippen molar-refractivity contribution in [3.63, 3.8) is 0 Å². The van der Waals surface area contributed by atoms with Gasteiger partial charge in [-0.2, -0.15) is 0 Å². The average molecular weight is 415 g/mol. The van der Waals surface area contributed by atoms with E-state index in [1.165, 1.54) is 38.5 Å². The van der Waals surface area contributed by atoms with Gasteiger partial charge in [-0.05, 0) is 33.6 Å². The Kier molecular flexibility index (Phi) is 12.7. The van der Waals surface area contributed by atoms with Crippen LogP contribution in [0.4, 0.5) is 0 Å². The lowest BCUT2D eigenvalue weighted by molar-refractivity contribution is -0.381. The third-order valence-electron chi connectivity index (χ3n) is 5.63. The quantitative estimate of drug-likeness (QED) is 0.127. The lowest BCUT2D eigenvalue weighted by Gasteiger charge is -2.35. The van der Waals surface area contributed by atoms with Gasteiger partial charge in [-0.15, -0.1) is 0 Å². The molecule has 1 fully saturated rings. The van der Waals surface area contributed by atoms with Crippen LogP contribution in [-0.2, 0) is 28.5 Å². The van der Waals surface area contributed by atoms with Crippen LogP contribution in [0.15, 0.2) is 0 Å². The molecule has 0 bridgehead atoms. The Morgan fingerprint density at radius 1 is 0.793 bits per heavy atom. The van der Waals surface area contributed by atoms with Gasteiger partial charge in [0.05, 0.1) is 11.8 Å². The van der Waals surface area contributed by atoms with E-state index in [1.807, 2.05) is 20.8 Å². The molecule has 0 amide bonds. The molecule has 6 heteroatoms. The van der Waals surface area contributed by atoms with E-state index >= 15 is 0 Å². The average Bonchev–Trinajstić information content (AvgIpc) is 2.96. The summed E-state index contributed by atoms with van der Waals surface area (Å²) in [5.74, 6) is -2.00. The summed E-state index contributed by atoms with van der Waals surface area (Å²) in [5, 5.41) is 0. The van der Waals surface area contributed by atoms with Crippen molar-refractivity contribution in [2.45, 2.75) is 111 Å². The lowest BCUT2D eigenvalue weighted by Crippen LogP contribution is -2.41. The Balaban J connectivity index is 2.65. The second kappa shape index (κ2) is 14.1. The number of carbonyl (C=O) groups is 2. The van der Waals surface area contributed by atoms with Crippen LogP contribution < -0.4 is 0 Å². The molecule has 1 unspecified atom stereocenters. The first-order valence-electron chi connectivity index (χ1n) is 11.6. The molecule has 0 aromatic carbocycles. The maximum Gasteiger partial charge on any atom is 0.320 e. The molecule has 1 saturated heterocycles. The largest absolute Gasteiger partial charge is 0.393 e. The van der Waals surface area contributed by atoms with Crippen molar-refractivity contribution in [2.24, 2.45) is 5.41 Å². The van der Waals surface area contributed by atoms with Crippen molar-refractivity contribution in [1.29, 1.82) is 0 Å². The van der Waals surface area contributed by atoms with Crippen molar-refractivity contribution < 1.29 is 28.5 Å². The summed E-state index contributed by atoms with van der Waals surface area (Å²) in [6, 6.07) is 0. The molecule has 1 rings (SSSR count). The van der Waals surface area contributed by atoms with Crippen LogP contribution in [0.1, 0.15) is 105 Å². The number of hydrogen-bond acceptors (Lipinski definition) is 6. The zero-order chi connectivity index (χ0) is 21.6. The molecule has 0 aromatic heterocycles. The zero-order valence-corrected chi connectivity index (χ0v) is 19.1. The van der Waals surface area contributed by atoms with Gasteiger partial charge in [-0.3, -0.25) is 9.59 Å². The minimum atomic E-state index is -1.17. The number of ether oxygens (including phenoxy) is 4. The zero-order valence-electron chi connectivity index (χ0n) is 19.1. The van der Waals surface area contributed by atoms with E-state index < -0.39 is 23.3 Å². The minimum Gasteiger partial charge on any atom is -0.393 e. The SMILES string of the molecule is CCCCCCCCCCC1(CCC(OCC)(OCC)OCC)CC(=O)OC1=O. The van der Waals surface area contributed by atoms with Gasteiger partial charge in [0.25, 0.3) is 5.97 Å². The summed E-state index contributed by atoms with van der Waals surface area (Å²) >= 11 is 0. The number of unbranched alkanes of at least 4 members (excludes halogenated alkanes) is 7. The number of rotatable bonds is 18. The van der Waals surface area contributed by atoms with Gasteiger partial charge >= 0.3 is 11.9 Å². The van der Waals surface area contributed by atoms with E-state index in [-0.39, 0.29) is 6.42 Å². The van der Waals surface area contributed by atoms with Crippen LogP contribution >= 0.6 is 0 Å². The maximum absolute atomic E-state index is 12.6. The molecule has 29 heavy (non-hydrogen) atoms. The summed E-state index contributed by atoms with van der Waals surface area (Å²) in [5.41, 5.74) is -0.782. The molecule has 1 aliphatic heterocycles. The van der Waals surface area contributed by atoms with Crippen LogP contribution in [0, 0.1) is 5.41 Å². The number of cyclic esters (lactones) is 2. The van der Waals surface area contributed by atoms with Crippen molar-refractivity contribution in [1.82, 2.24) is 0 Å². The van der Waals surface area contributed by atoms with Crippen molar-refractivity contribution in [3.05, 3.63) is 0 Å². The van der Waals surface area contributed by atoms with E-state index in [4.69, 9.17) is 18.9 Å². The second-order valence-corrected chi connectivity index (χ2v) is 7.93. The summed E-state index contributed by atoms with van der Waals surface area (Å²) in [6.07, 6.45) is 11.2. The van der Waals surface area contributed by atoms with Gasteiger partial charge in [-0.1, -0.05) is 58.3 Å². The topological polar surface area (TPSA) is 71.1 Å². The Hall–Kier alpha value is -0.980. The normalized spacial score (nSPS) is 19.7. The number of carbonyl (C=O) groups excluding carboxylic acids is 2.